The number of carbonyl (C=O) groups excluding carboxylic acids is 1. The van der Waals surface area contributed by atoms with E-state index in [1.807, 2.05) is 14.0 Å². The zero-order chi connectivity index (χ0) is 13.0. The molecular formula is C12H21ClN4O2. The molecule has 1 amide bonds. The van der Waals surface area contributed by atoms with Crippen LogP contribution in [0.15, 0.2) is 10.6 Å². The van der Waals surface area contributed by atoms with E-state index >= 15 is 0 Å². The second-order valence-corrected chi connectivity index (χ2v) is 4.72. The lowest BCUT2D eigenvalue weighted by molar-refractivity contribution is -0.117. The molecule has 1 saturated heterocycles. The van der Waals surface area contributed by atoms with Crippen LogP contribution >= 0.6 is 12.4 Å². The number of piperidine rings is 1. The predicted molar refractivity (Wildman–Crippen MR) is 75.6 cm³/mol. The molecular weight excluding hydrogens is 268 g/mol. The van der Waals surface area contributed by atoms with E-state index in [4.69, 9.17) is 4.52 Å². The summed E-state index contributed by atoms with van der Waals surface area (Å²) in [4.78, 5) is 13.9. The van der Waals surface area contributed by atoms with E-state index in [9.17, 15) is 4.79 Å². The van der Waals surface area contributed by atoms with Gasteiger partial charge < -0.3 is 9.84 Å². The molecule has 0 aliphatic carbocycles. The molecule has 0 atom stereocenters. The lowest BCUT2D eigenvalue weighted by Crippen LogP contribution is -2.44. The minimum atomic E-state index is -0.0472. The summed E-state index contributed by atoms with van der Waals surface area (Å²) in [7, 11) is 1.99. The normalized spacial score (nSPS) is 16.9. The monoisotopic (exact) mass is 288 g/mol. The van der Waals surface area contributed by atoms with Crippen molar-refractivity contribution in [1.29, 1.82) is 0 Å². The number of carbonyl (C=O) groups is 1. The minimum Gasteiger partial charge on any atom is -0.338 e. The molecule has 1 aliphatic heterocycles. The molecule has 0 spiro atoms. The quantitative estimate of drug-likeness (QED) is 0.866. The van der Waals surface area contributed by atoms with Crippen LogP contribution in [0.25, 0.3) is 0 Å². The number of rotatable bonds is 4. The molecule has 1 aliphatic rings. The van der Waals surface area contributed by atoms with E-state index in [2.05, 4.69) is 20.7 Å². The van der Waals surface area contributed by atoms with Gasteiger partial charge in [-0.1, -0.05) is 5.16 Å². The summed E-state index contributed by atoms with van der Waals surface area (Å²) >= 11 is 0. The van der Waals surface area contributed by atoms with Gasteiger partial charge in [0.25, 0.3) is 0 Å². The number of hydrogen-bond donors (Lipinski definition) is 2. The van der Waals surface area contributed by atoms with E-state index in [0.29, 0.717) is 18.5 Å². The Labute approximate surface area is 119 Å². The van der Waals surface area contributed by atoms with Gasteiger partial charge in [0.2, 0.25) is 11.8 Å². The molecule has 108 valence electrons. The van der Waals surface area contributed by atoms with Crippen LogP contribution in [0.1, 0.15) is 18.5 Å². The SMILES string of the molecule is CNC1CCN(CC(=O)Nc2cc(C)no2)CC1.Cl. The second-order valence-electron chi connectivity index (χ2n) is 4.72. The van der Waals surface area contributed by atoms with Gasteiger partial charge in [0.1, 0.15) is 0 Å². The summed E-state index contributed by atoms with van der Waals surface area (Å²) in [6.45, 7) is 4.14. The smallest absolute Gasteiger partial charge is 0.240 e. The number of halogens is 1. The average molecular weight is 289 g/mol. The van der Waals surface area contributed by atoms with Gasteiger partial charge in [-0.15, -0.1) is 12.4 Å². The fourth-order valence-corrected chi connectivity index (χ4v) is 2.18. The van der Waals surface area contributed by atoms with Crippen molar-refractivity contribution in [2.75, 3.05) is 32.0 Å². The van der Waals surface area contributed by atoms with E-state index < -0.39 is 0 Å². The van der Waals surface area contributed by atoms with Gasteiger partial charge in [-0.25, -0.2) is 0 Å². The largest absolute Gasteiger partial charge is 0.338 e. The Morgan fingerprint density at radius 2 is 2.21 bits per heavy atom. The number of nitrogens with one attached hydrogen (secondary N) is 2. The van der Waals surface area contributed by atoms with Crippen molar-refractivity contribution < 1.29 is 9.32 Å². The van der Waals surface area contributed by atoms with Crippen molar-refractivity contribution in [2.45, 2.75) is 25.8 Å². The molecule has 19 heavy (non-hydrogen) atoms. The molecule has 0 aromatic carbocycles. The van der Waals surface area contributed by atoms with Crippen LogP contribution in [0.3, 0.4) is 0 Å². The summed E-state index contributed by atoms with van der Waals surface area (Å²) in [6, 6.07) is 2.30. The van der Waals surface area contributed by atoms with Crippen molar-refractivity contribution in [2.24, 2.45) is 0 Å². The van der Waals surface area contributed by atoms with Gasteiger partial charge in [-0.05, 0) is 26.8 Å². The molecule has 0 saturated carbocycles. The highest BCUT2D eigenvalue weighted by atomic mass is 35.5. The van der Waals surface area contributed by atoms with Crippen molar-refractivity contribution >= 4 is 24.2 Å². The molecule has 0 unspecified atom stereocenters. The molecule has 7 heteroatoms. The topological polar surface area (TPSA) is 70.4 Å². The van der Waals surface area contributed by atoms with E-state index in [1.165, 1.54) is 0 Å². The number of anilines is 1. The molecule has 2 N–H and O–H groups in total. The summed E-state index contributed by atoms with van der Waals surface area (Å²) in [5, 5.41) is 9.71. The van der Waals surface area contributed by atoms with Gasteiger partial charge in [0.15, 0.2) is 0 Å². The maximum Gasteiger partial charge on any atom is 0.240 e. The molecule has 1 aromatic heterocycles. The summed E-state index contributed by atoms with van der Waals surface area (Å²) in [6.07, 6.45) is 2.18. The first-order valence-corrected chi connectivity index (χ1v) is 6.30. The highest BCUT2D eigenvalue weighted by molar-refractivity contribution is 5.90. The summed E-state index contributed by atoms with van der Waals surface area (Å²) < 4.78 is 4.95. The first-order chi connectivity index (χ1) is 8.67. The van der Waals surface area contributed by atoms with Gasteiger partial charge >= 0.3 is 0 Å². The van der Waals surface area contributed by atoms with Crippen LogP contribution in [0.2, 0.25) is 0 Å². The average Bonchev–Trinajstić information content (AvgIpc) is 2.75. The van der Waals surface area contributed by atoms with Gasteiger partial charge in [0, 0.05) is 25.2 Å². The highest BCUT2D eigenvalue weighted by Crippen LogP contribution is 2.11. The maximum atomic E-state index is 11.8. The van der Waals surface area contributed by atoms with Gasteiger partial charge in [-0.2, -0.15) is 0 Å². The minimum absolute atomic E-state index is 0. The first kappa shape index (κ1) is 15.9. The number of aryl methyl sites for hydroxylation is 1. The molecule has 0 radical (unpaired) electrons. The van der Waals surface area contributed by atoms with Crippen LogP contribution < -0.4 is 10.6 Å². The number of likely N-dealkylation sites (tertiary alicyclic amines) is 1. The van der Waals surface area contributed by atoms with Gasteiger partial charge in [0.05, 0.1) is 12.2 Å². The Kier molecular flexibility index (Phi) is 6.27. The zero-order valence-electron chi connectivity index (χ0n) is 11.3. The third kappa shape index (κ3) is 4.81. The standard InChI is InChI=1S/C12H20N4O2.ClH/c1-9-7-12(18-15-9)14-11(17)8-16-5-3-10(13-2)4-6-16;/h7,10,13H,3-6,8H2,1-2H3,(H,14,17);1H. The first-order valence-electron chi connectivity index (χ1n) is 6.30. The fourth-order valence-electron chi connectivity index (χ4n) is 2.18. The van der Waals surface area contributed by atoms with Crippen LogP contribution in [0, 0.1) is 6.92 Å². The summed E-state index contributed by atoms with van der Waals surface area (Å²) in [5.41, 5.74) is 0.764. The Hall–Kier alpha value is -1.11. The van der Waals surface area contributed by atoms with Crippen LogP contribution in [-0.4, -0.2) is 48.7 Å². The van der Waals surface area contributed by atoms with Crippen LogP contribution in [0.4, 0.5) is 5.88 Å². The molecule has 2 rings (SSSR count). The number of hydrogen-bond acceptors (Lipinski definition) is 5. The van der Waals surface area contributed by atoms with Gasteiger partial charge in [-0.3, -0.25) is 15.0 Å². The molecule has 6 nitrogen and oxygen atoms in total. The molecule has 0 bridgehead atoms. The van der Waals surface area contributed by atoms with E-state index in [-0.39, 0.29) is 18.3 Å². The maximum absolute atomic E-state index is 11.8. The van der Waals surface area contributed by atoms with Crippen molar-refractivity contribution in [3.63, 3.8) is 0 Å². The lowest BCUT2D eigenvalue weighted by Gasteiger charge is -2.30. The van der Waals surface area contributed by atoms with Crippen LogP contribution in [0.5, 0.6) is 0 Å². The Balaban J connectivity index is 0.00000180. The third-order valence-corrected chi connectivity index (χ3v) is 3.25. The van der Waals surface area contributed by atoms with Crippen molar-refractivity contribution in [3.05, 3.63) is 11.8 Å². The van der Waals surface area contributed by atoms with Crippen LogP contribution in [-0.2, 0) is 4.79 Å². The van der Waals surface area contributed by atoms with E-state index in [0.717, 1.165) is 31.6 Å². The summed E-state index contributed by atoms with van der Waals surface area (Å²) in [5.74, 6) is 0.372. The lowest BCUT2D eigenvalue weighted by atomic mass is 10.1. The third-order valence-electron chi connectivity index (χ3n) is 3.25. The molecule has 1 aromatic rings. The number of amides is 1. The van der Waals surface area contributed by atoms with Crippen molar-refractivity contribution in [3.8, 4) is 0 Å². The van der Waals surface area contributed by atoms with E-state index in [1.54, 1.807) is 6.07 Å². The molecule has 1 fully saturated rings. The predicted octanol–water partition coefficient (Wildman–Crippen LogP) is 1.03. The zero-order valence-corrected chi connectivity index (χ0v) is 12.1. The number of aromatic nitrogens is 1. The number of nitrogens with zero attached hydrogens (tertiary/aromatic N) is 2. The molecule has 2 heterocycles. The highest BCUT2D eigenvalue weighted by Gasteiger charge is 2.19. The fraction of sp³-hybridized carbons (Fsp3) is 0.667. The van der Waals surface area contributed by atoms with Crippen molar-refractivity contribution in [1.82, 2.24) is 15.4 Å². The second kappa shape index (κ2) is 7.47. The Morgan fingerprint density at radius 1 is 1.53 bits per heavy atom. The Morgan fingerprint density at radius 3 is 2.74 bits per heavy atom. The Bertz CT molecular complexity index is 402.